The van der Waals surface area contributed by atoms with Crippen molar-refractivity contribution >= 4 is 5.91 Å². The standard InChI is InChI=1S/C24H16F4N4O/c25-19-3-1-2-16(10-19)18-5-7-21(31-14-18)23(33)32-13-15-4-6-20(30-12-15)17-8-9-29-22(11-17)24(26,27)28/h1-12,14H,13H2,(H,32,33). The fourth-order valence-electron chi connectivity index (χ4n) is 3.08. The molecule has 1 amide bonds. The van der Waals surface area contributed by atoms with Crippen molar-refractivity contribution in [3.05, 3.63) is 102 Å². The monoisotopic (exact) mass is 452 g/mol. The third kappa shape index (κ3) is 5.38. The Labute approximate surface area is 186 Å². The lowest BCUT2D eigenvalue weighted by Crippen LogP contribution is -2.23. The van der Waals surface area contributed by atoms with Crippen LogP contribution in [0.25, 0.3) is 22.4 Å². The minimum Gasteiger partial charge on any atom is -0.347 e. The number of nitrogens with zero attached hydrogens (tertiary/aromatic N) is 3. The Morgan fingerprint density at radius 1 is 0.848 bits per heavy atom. The lowest BCUT2D eigenvalue weighted by atomic mass is 10.1. The van der Waals surface area contributed by atoms with Crippen LogP contribution in [0.4, 0.5) is 17.6 Å². The number of hydrogen-bond donors (Lipinski definition) is 1. The number of alkyl halides is 3. The molecule has 4 rings (SSSR count). The maximum atomic E-state index is 13.4. The van der Waals surface area contributed by atoms with E-state index >= 15 is 0 Å². The topological polar surface area (TPSA) is 67.8 Å². The molecule has 0 aliphatic rings. The van der Waals surface area contributed by atoms with Gasteiger partial charge in [0.15, 0.2) is 0 Å². The van der Waals surface area contributed by atoms with Gasteiger partial charge in [-0.1, -0.05) is 24.3 Å². The van der Waals surface area contributed by atoms with Crippen molar-refractivity contribution in [3.63, 3.8) is 0 Å². The lowest BCUT2D eigenvalue weighted by molar-refractivity contribution is -0.141. The van der Waals surface area contributed by atoms with Gasteiger partial charge in [0, 0.05) is 36.3 Å². The zero-order chi connectivity index (χ0) is 23.4. The minimum absolute atomic E-state index is 0.156. The summed E-state index contributed by atoms with van der Waals surface area (Å²) in [5, 5.41) is 2.71. The van der Waals surface area contributed by atoms with Gasteiger partial charge < -0.3 is 5.32 Å². The second-order valence-corrected chi connectivity index (χ2v) is 7.10. The highest BCUT2D eigenvalue weighted by atomic mass is 19.4. The van der Waals surface area contributed by atoms with E-state index in [0.29, 0.717) is 22.4 Å². The van der Waals surface area contributed by atoms with E-state index in [0.717, 1.165) is 12.3 Å². The summed E-state index contributed by atoms with van der Waals surface area (Å²) in [6.07, 6.45) is -0.488. The Balaban J connectivity index is 1.39. The summed E-state index contributed by atoms with van der Waals surface area (Å²) in [6, 6.07) is 14.9. The molecule has 4 aromatic rings. The van der Waals surface area contributed by atoms with E-state index in [1.54, 1.807) is 36.4 Å². The average molecular weight is 452 g/mol. The van der Waals surface area contributed by atoms with E-state index < -0.39 is 17.8 Å². The molecule has 0 atom stereocenters. The minimum atomic E-state index is -4.54. The number of rotatable bonds is 5. The van der Waals surface area contributed by atoms with Crippen LogP contribution in [0.3, 0.4) is 0 Å². The van der Waals surface area contributed by atoms with Crippen LogP contribution >= 0.6 is 0 Å². The molecule has 0 saturated heterocycles. The normalized spacial score (nSPS) is 11.3. The fourth-order valence-corrected chi connectivity index (χ4v) is 3.08. The van der Waals surface area contributed by atoms with Crippen LogP contribution in [0.2, 0.25) is 0 Å². The SMILES string of the molecule is O=C(NCc1ccc(-c2ccnc(C(F)(F)F)c2)nc1)c1ccc(-c2cccc(F)c2)cn1. The molecule has 9 heteroatoms. The molecule has 0 spiro atoms. The molecule has 0 unspecified atom stereocenters. The van der Waals surface area contributed by atoms with Gasteiger partial charge in [0.05, 0.1) is 5.69 Å². The molecule has 0 radical (unpaired) electrons. The first-order valence-corrected chi connectivity index (χ1v) is 9.78. The summed E-state index contributed by atoms with van der Waals surface area (Å²) in [7, 11) is 0. The number of carbonyl (C=O) groups is 1. The molecule has 166 valence electrons. The Kier molecular flexibility index (Phi) is 6.12. The molecule has 0 aliphatic carbocycles. The second-order valence-electron chi connectivity index (χ2n) is 7.10. The average Bonchev–Trinajstić information content (AvgIpc) is 2.82. The van der Waals surface area contributed by atoms with Gasteiger partial charge in [-0.15, -0.1) is 0 Å². The van der Waals surface area contributed by atoms with Gasteiger partial charge >= 0.3 is 6.18 Å². The number of pyridine rings is 3. The second kappa shape index (κ2) is 9.15. The van der Waals surface area contributed by atoms with Crippen LogP contribution < -0.4 is 5.32 Å². The molecule has 0 aliphatic heterocycles. The largest absolute Gasteiger partial charge is 0.433 e. The Morgan fingerprint density at radius 2 is 1.70 bits per heavy atom. The van der Waals surface area contributed by atoms with Crippen molar-refractivity contribution < 1.29 is 22.4 Å². The van der Waals surface area contributed by atoms with Crippen molar-refractivity contribution in [2.75, 3.05) is 0 Å². The third-order valence-corrected chi connectivity index (χ3v) is 4.78. The van der Waals surface area contributed by atoms with Crippen molar-refractivity contribution in [1.82, 2.24) is 20.3 Å². The molecule has 0 fully saturated rings. The van der Waals surface area contributed by atoms with Crippen LogP contribution in [0.1, 0.15) is 21.7 Å². The van der Waals surface area contributed by atoms with Crippen LogP contribution in [-0.4, -0.2) is 20.9 Å². The van der Waals surface area contributed by atoms with Gasteiger partial charge in [-0.05, 0) is 47.5 Å². The maximum Gasteiger partial charge on any atom is 0.433 e. The summed E-state index contributed by atoms with van der Waals surface area (Å²) >= 11 is 0. The van der Waals surface area contributed by atoms with Crippen LogP contribution in [0.15, 0.2) is 79.3 Å². The predicted molar refractivity (Wildman–Crippen MR) is 113 cm³/mol. The molecule has 33 heavy (non-hydrogen) atoms. The van der Waals surface area contributed by atoms with Gasteiger partial charge in [-0.3, -0.25) is 19.7 Å². The lowest BCUT2D eigenvalue weighted by Gasteiger charge is -2.09. The fraction of sp³-hybridized carbons (Fsp3) is 0.0833. The number of amides is 1. The van der Waals surface area contributed by atoms with Gasteiger partial charge in [-0.2, -0.15) is 13.2 Å². The molecule has 3 heterocycles. The van der Waals surface area contributed by atoms with Crippen molar-refractivity contribution in [1.29, 1.82) is 0 Å². The molecule has 0 saturated carbocycles. The highest BCUT2D eigenvalue weighted by Crippen LogP contribution is 2.30. The first kappa shape index (κ1) is 22.1. The molecular formula is C24H16F4N4O. The van der Waals surface area contributed by atoms with Gasteiger partial charge in [-0.25, -0.2) is 4.39 Å². The van der Waals surface area contributed by atoms with E-state index in [9.17, 15) is 22.4 Å². The van der Waals surface area contributed by atoms with Crippen molar-refractivity contribution in [2.45, 2.75) is 12.7 Å². The van der Waals surface area contributed by atoms with Crippen LogP contribution in [0.5, 0.6) is 0 Å². The number of hydrogen-bond acceptors (Lipinski definition) is 4. The highest BCUT2D eigenvalue weighted by molar-refractivity contribution is 5.92. The molecule has 1 N–H and O–H groups in total. The van der Waals surface area contributed by atoms with Gasteiger partial charge in [0.25, 0.3) is 5.91 Å². The van der Waals surface area contributed by atoms with Gasteiger partial charge in [0.1, 0.15) is 17.2 Å². The summed E-state index contributed by atoms with van der Waals surface area (Å²) < 4.78 is 51.9. The number of aromatic nitrogens is 3. The van der Waals surface area contributed by atoms with Crippen LogP contribution in [0, 0.1) is 5.82 Å². The van der Waals surface area contributed by atoms with E-state index in [4.69, 9.17) is 0 Å². The zero-order valence-corrected chi connectivity index (χ0v) is 17.0. The Bertz CT molecular complexity index is 1270. The summed E-state index contributed by atoms with van der Waals surface area (Å²) in [6.45, 7) is 0.156. The highest BCUT2D eigenvalue weighted by Gasteiger charge is 2.32. The predicted octanol–water partition coefficient (Wildman–Crippen LogP) is 5.29. The van der Waals surface area contributed by atoms with Crippen molar-refractivity contribution in [3.8, 4) is 22.4 Å². The molecule has 5 nitrogen and oxygen atoms in total. The maximum absolute atomic E-state index is 13.4. The number of nitrogens with one attached hydrogen (secondary N) is 1. The number of benzene rings is 1. The van der Waals surface area contributed by atoms with E-state index in [2.05, 4.69) is 20.3 Å². The van der Waals surface area contributed by atoms with E-state index in [1.807, 2.05) is 0 Å². The zero-order valence-electron chi connectivity index (χ0n) is 17.0. The smallest absolute Gasteiger partial charge is 0.347 e. The van der Waals surface area contributed by atoms with E-state index in [-0.39, 0.29) is 23.6 Å². The Hall–Kier alpha value is -4.14. The number of halogens is 4. The molecule has 1 aromatic carbocycles. The summed E-state index contributed by atoms with van der Waals surface area (Å²) in [5.41, 5.74) is 1.83. The molecular weight excluding hydrogens is 436 g/mol. The van der Waals surface area contributed by atoms with Crippen molar-refractivity contribution in [2.24, 2.45) is 0 Å². The molecule has 3 aromatic heterocycles. The summed E-state index contributed by atoms with van der Waals surface area (Å²) in [4.78, 5) is 24.0. The molecule has 0 bridgehead atoms. The van der Waals surface area contributed by atoms with Crippen LogP contribution in [-0.2, 0) is 12.7 Å². The third-order valence-electron chi connectivity index (χ3n) is 4.78. The quantitative estimate of drug-likeness (QED) is 0.418. The summed E-state index contributed by atoms with van der Waals surface area (Å²) in [5.74, 6) is -0.771. The number of carbonyl (C=O) groups excluding carboxylic acids is 1. The first-order valence-electron chi connectivity index (χ1n) is 9.78. The Morgan fingerprint density at radius 3 is 2.36 bits per heavy atom. The van der Waals surface area contributed by atoms with Gasteiger partial charge in [0.2, 0.25) is 0 Å². The first-order chi connectivity index (χ1) is 15.8. The van der Waals surface area contributed by atoms with E-state index in [1.165, 1.54) is 30.6 Å².